The number of hydrogen-bond acceptors (Lipinski definition) is 6. The Bertz CT molecular complexity index is 1670. The average Bonchev–Trinajstić information content (AvgIpc) is 3.37. The number of unbranched alkanes of at least 4 members (excludes halogenated alkanes) is 1. The van der Waals surface area contributed by atoms with Crippen molar-refractivity contribution in [1.29, 1.82) is 0 Å². The van der Waals surface area contributed by atoms with Crippen molar-refractivity contribution in [3.63, 3.8) is 0 Å². The van der Waals surface area contributed by atoms with Gasteiger partial charge in [-0.15, -0.1) is 0 Å². The van der Waals surface area contributed by atoms with Crippen LogP contribution in [0.2, 0.25) is 0 Å². The van der Waals surface area contributed by atoms with Crippen molar-refractivity contribution in [2.24, 2.45) is 0 Å². The van der Waals surface area contributed by atoms with Crippen molar-refractivity contribution in [2.75, 3.05) is 22.7 Å². The molecule has 2 aromatic carbocycles. The second-order valence-electron chi connectivity index (χ2n) is 9.96. The molecule has 0 aliphatic carbocycles. The van der Waals surface area contributed by atoms with Gasteiger partial charge < -0.3 is 10.6 Å². The molecule has 41 heavy (non-hydrogen) atoms. The number of aryl methyl sites for hydroxylation is 1. The molecule has 10 heteroatoms. The Morgan fingerprint density at radius 1 is 1.00 bits per heavy atom. The van der Waals surface area contributed by atoms with Crippen molar-refractivity contribution in [3.05, 3.63) is 102 Å². The number of amides is 2. The summed E-state index contributed by atoms with van der Waals surface area (Å²) in [5, 5.41) is 5.56. The second-order valence-corrected chi connectivity index (χ2v) is 11.8. The molecule has 9 nitrogen and oxygen atoms in total. The van der Waals surface area contributed by atoms with Crippen LogP contribution in [0.1, 0.15) is 47.2 Å². The van der Waals surface area contributed by atoms with E-state index in [0.717, 1.165) is 29.5 Å². The molecule has 0 bridgehead atoms. The number of Topliss-reactive ketones (excluding diaryl/α,β-unsaturated/α-hetero) is 1. The Hall–Kier alpha value is -4.57. The van der Waals surface area contributed by atoms with Crippen LogP contribution in [0.25, 0.3) is 11.1 Å². The summed E-state index contributed by atoms with van der Waals surface area (Å²) >= 11 is 0. The molecule has 1 aliphatic heterocycles. The quantitative estimate of drug-likeness (QED) is 0.201. The van der Waals surface area contributed by atoms with Crippen LogP contribution in [0.15, 0.2) is 90.2 Å². The molecule has 210 valence electrons. The Morgan fingerprint density at radius 2 is 1.80 bits per heavy atom. The van der Waals surface area contributed by atoms with Crippen LogP contribution in [0.4, 0.5) is 16.3 Å². The third-order valence-electron chi connectivity index (χ3n) is 7.00. The number of hydrogen-bond donors (Lipinski definition) is 2. The minimum Gasteiger partial charge on any atom is -0.338 e. The number of ketones is 1. The highest BCUT2D eigenvalue weighted by molar-refractivity contribution is 7.92. The number of carbonyl (C=O) groups is 2. The fourth-order valence-corrected chi connectivity index (χ4v) is 6.22. The summed E-state index contributed by atoms with van der Waals surface area (Å²) in [6.07, 6.45) is 6.78. The lowest BCUT2D eigenvalue weighted by Crippen LogP contribution is -2.32. The average molecular weight is 570 g/mol. The van der Waals surface area contributed by atoms with Gasteiger partial charge >= 0.3 is 6.03 Å². The zero-order chi connectivity index (χ0) is 29.0. The molecule has 0 saturated carbocycles. The molecule has 2 aromatic heterocycles. The summed E-state index contributed by atoms with van der Waals surface area (Å²) in [5.41, 5.74) is 3.80. The Labute approximate surface area is 239 Å². The number of urea groups is 1. The Morgan fingerprint density at radius 3 is 2.54 bits per heavy atom. The maximum absolute atomic E-state index is 14.0. The van der Waals surface area contributed by atoms with Crippen LogP contribution in [0, 0.1) is 6.92 Å². The van der Waals surface area contributed by atoms with Gasteiger partial charge in [0.1, 0.15) is 5.82 Å². The maximum atomic E-state index is 14.0. The molecule has 0 radical (unpaired) electrons. The minimum absolute atomic E-state index is 0.0942. The number of aromatic nitrogens is 2. The first-order valence-corrected chi connectivity index (χ1v) is 14.9. The highest BCUT2D eigenvalue weighted by Gasteiger charge is 2.41. The molecule has 0 fully saturated rings. The van der Waals surface area contributed by atoms with Gasteiger partial charge in [-0.05, 0) is 49.7 Å². The minimum atomic E-state index is -3.99. The van der Waals surface area contributed by atoms with E-state index in [0.29, 0.717) is 23.4 Å². The van der Waals surface area contributed by atoms with E-state index < -0.39 is 15.9 Å². The molecule has 1 unspecified atom stereocenters. The number of sulfonamides is 1. The molecule has 2 amide bonds. The van der Waals surface area contributed by atoms with Crippen molar-refractivity contribution < 1.29 is 18.0 Å². The van der Waals surface area contributed by atoms with E-state index in [1.807, 2.05) is 26.0 Å². The van der Waals surface area contributed by atoms with Crippen LogP contribution in [0.5, 0.6) is 0 Å². The first-order chi connectivity index (χ1) is 19.8. The number of anilines is 2. The summed E-state index contributed by atoms with van der Waals surface area (Å²) in [4.78, 5) is 35.1. The standard InChI is InChI=1S/C31H31N5O4S/c1-3-4-15-33-31(38)35-25-9-5-7-22(16-25)29(37)28-20-36(41(39,40)26-12-10-21(2)11-13-26)30-27(28)17-24(19-34-30)23-8-6-14-32-18-23/h5-14,16-19,28H,3-4,15,20H2,1-2H3,(H2,33,35,38). The molecule has 5 rings (SSSR count). The van der Waals surface area contributed by atoms with Gasteiger partial charge in [-0.1, -0.05) is 49.2 Å². The van der Waals surface area contributed by atoms with Gasteiger partial charge in [0, 0.05) is 53.1 Å². The highest BCUT2D eigenvalue weighted by atomic mass is 32.2. The lowest BCUT2D eigenvalue weighted by molar-refractivity contribution is 0.0965. The van der Waals surface area contributed by atoms with E-state index in [9.17, 15) is 18.0 Å². The molecule has 3 heterocycles. The van der Waals surface area contributed by atoms with Gasteiger partial charge in [0.25, 0.3) is 10.0 Å². The number of pyridine rings is 2. The van der Waals surface area contributed by atoms with E-state index in [1.165, 1.54) is 4.31 Å². The summed E-state index contributed by atoms with van der Waals surface area (Å²) in [7, 11) is -3.99. The molecule has 0 spiro atoms. The van der Waals surface area contributed by atoms with Crippen LogP contribution < -0.4 is 14.9 Å². The molecular weight excluding hydrogens is 538 g/mol. The van der Waals surface area contributed by atoms with Gasteiger partial charge in [0.15, 0.2) is 5.78 Å². The van der Waals surface area contributed by atoms with Crippen LogP contribution >= 0.6 is 0 Å². The number of benzene rings is 2. The van der Waals surface area contributed by atoms with E-state index in [-0.39, 0.29) is 29.1 Å². The van der Waals surface area contributed by atoms with Crippen molar-refractivity contribution in [3.8, 4) is 11.1 Å². The normalized spacial score (nSPS) is 14.4. The van der Waals surface area contributed by atoms with Crippen molar-refractivity contribution in [2.45, 2.75) is 37.5 Å². The Balaban J connectivity index is 1.50. The zero-order valence-corrected chi connectivity index (χ0v) is 23.7. The van der Waals surface area contributed by atoms with E-state index in [2.05, 4.69) is 20.6 Å². The van der Waals surface area contributed by atoms with E-state index in [4.69, 9.17) is 0 Å². The molecule has 2 N–H and O–H groups in total. The number of carbonyl (C=O) groups excluding carboxylic acids is 2. The first kappa shape index (κ1) is 28.0. The predicted molar refractivity (Wildman–Crippen MR) is 159 cm³/mol. The lowest BCUT2D eigenvalue weighted by atomic mass is 9.92. The summed E-state index contributed by atoms with van der Waals surface area (Å²) in [5.74, 6) is -0.850. The molecular formula is C31H31N5O4S. The Kier molecular flexibility index (Phi) is 8.11. The molecule has 1 aliphatic rings. The first-order valence-electron chi connectivity index (χ1n) is 13.5. The van der Waals surface area contributed by atoms with E-state index in [1.54, 1.807) is 73.2 Å². The number of rotatable bonds is 9. The number of fused-ring (bicyclic) bond motifs is 1. The largest absolute Gasteiger partial charge is 0.338 e. The zero-order valence-electron chi connectivity index (χ0n) is 22.9. The van der Waals surface area contributed by atoms with Crippen LogP contribution in [0.3, 0.4) is 0 Å². The lowest BCUT2D eigenvalue weighted by Gasteiger charge is -2.19. The van der Waals surface area contributed by atoms with Gasteiger partial charge in [-0.2, -0.15) is 0 Å². The van der Waals surface area contributed by atoms with Crippen LogP contribution in [-0.2, 0) is 10.0 Å². The maximum Gasteiger partial charge on any atom is 0.319 e. The summed E-state index contributed by atoms with van der Waals surface area (Å²) in [6, 6.07) is 18.4. The summed E-state index contributed by atoms with van der Waals surface area (Å²) < 4.78 is 28.7. The third-order valence-corrected chi connectivity index (χ3v) is 8.77. The molecule has 1 atom stereocenters. The molecule has 4 aromatic rings. The monoisotopic (exact) mass is 569 g/mol. The fraction of sp³-hybridized carbons (Fsp3) is 0.226. The third kappa shape index (κ3) is 5.97. The predicted octanol–water partition coefficient (Wildman–Crippen LogP) is 5.55. The van der Waals surface area contributed by atoms with Gasteiger partial charge in [-0.3, -0.25) is 9.78 Å². The summed E-state index contributed by atoms with van der Waals surface area (Å²) in [6.45, 7) is 4.38. The number of nitrogens with zero attached hydrogens (tertiary/aromatic N) is 3. The van der Waals surface area contributed by atoms with Gasteiger partial charge in [-0.25, -0.2) is 22.5 Å². The topological polar surface area (TPSA) is 121 Å². The highest BCUT2D eigenvalue weighted by Crippen LogP contribution is 2.41. The number of nitrogens with one attached hydrogen (secondary N) is 2. The molecule has 0 saturated heterocycles. The van der Waals surface area contributed by atoms with Gasteiger partial charge in [0.2, 0.25) is 0 Å². The van der Waals surface area contributed by atoms with Crippen LogP contribution in [-0.4, -0.2) is 43.3 Å². The second kappa shape index (κ2) is 11.9. The van der Waals surface area contributed by atoms with Gasteiger partial charge in [0.05, 0.1) is 17.4 Å². The fourth-order valence-electron chi connectivity index (χ4n) is 4.76. The van der Waals surface area contributed by atoms with Crippen molar-refractivity contribution >= 4 is 33.3 Å². The van der Waals surface area contributed by atoms with Crippen molar-refractivity contribution in [1.82, 2.24) is 15.3 Å². The van der Waals surface area contributed by atoms with E-state index >= 15 is 0 Å². The smallest absolute Gasteiger partial charge is 0.319 e. The SMILES string of the molecule is CCCCNC(=O)Nc1cccc(C(=O)C2CN(S(=O)(=O)c3ccc(C)cc3)c3ncc(-c4cccnc4)cc32)c1.